The van der Waals surface area contributed by atoms with Gasteiger partial charge in [0.2, 0.25) is 0 Å². The molecule has 0 saturated carbocycles. The van der Waals surface area contributed by atoms with E-state index in [1.165, 1.54) is 9.80 Å². The summed E-state index contributed by atoms with van der Waals surface area (Å²) in [6.07, 6.45) is 2.81. The number of fused-ring (bicyclic) bond motifs is 1. The van der Waals surface area contributed by atoms with Crippen molar-refractivity contribution in [1.29, 1.82) is 0 Å². The average Bonchev–Trinajstić information content (AvgIpc) is 2.85. The van der Waals surface area contributed by atoms with Gasteiger partial charge in [0.25, 0.3) is 5.91 Å². The summed E-state index contributed by atoms with van der Waals surface area (Å²) in [6.45, 7) is 6.07. The predicted octanol–water partition coefficient (Wildman–Crippen LogP) is 4.57. The molecule has 0 aliphatic carbocycles. The van der Waals surface area contributed by atoms with E-state index in [9.17, 15) is 14.7 Å². The molecule has 12 heteroatoms. The number of ether oxygens (including phenoxy) is 1. The van der Waals surface area contributed by atoms with Gasteiger partial charge in [-0.15, -0.1) is 0 Å². The molecule has 1 fully saturated rings. The van der Waals surface area contributed by atoms with E-state index in [-0.39, 0.29) is 52.8 Å². The largest absolute Gasteiger partial charge is 0.444 e. The molecule has 4 rings (SSSR count). The van der Waals surface area contributed by atoms with Gasteiger partial charge in [-0.25, -0.2) is 9.78 Å². The van der Waals surface area contributed by atoms with Crippen molar-refractivity contribution in [3.63, 3.8) is 0 Å². The maximum absolute atomic E-state index is 13.9. The lowest BCUT2D eigenvalue weighted by Crippen LogP contribution is -2.58. The molecular weight excluding hydrogens is 529 g/mol. The average molecular weight is 557 g/mol. The minimum Gasteiger partial charge on any atom is -0.444 e. The summed E-state index contributed by atoms with van der Waals surface area (Å²) in [4.78, 5) is 40.3. The molecule has 0 bridgehead atoms. The summed E-state index contributed by atoms with van der Waals surface area (Å²) >= 11 is 19.2. The lowest BCUT2D eigenvalue weighted by molar-refractivity contribution is -0.00242. The Morgan fingerprint density at radius 3 is 2.61 bits per heavy atom. The number of pyridine rings is 2. The van der Waals surface area contributed by atoms with Gasteiger partial charge in [-0.1, -0.05) is 34.8 Å². The Morgan fingerprint density at radius 2 is 1.92 bits per heavy atom. The third kappa shape index (κ3) is 5.34. The highest BCUT2D eigenvalue weighted by atomic mass is 35.5. The minimum atomic E-state index is -0.674. The van der Waals surface area contributed by atoms with Crippen LogP contribution < -0.4 is 4.90 Å². The van der Waals surface area contributed by atoms with Crippen LogP contribution in [0.5, 0.6) is 0 Å². The van der Waals surface area contributed by atoms with Crippen molar-refractivity contribution in [3.05, 3.63) is 44.8 Å². The lowest BCUT2D eigenvalue weighted by atomic mass is 10.1. The normalized spacial score (nSPS) is 18.2. The molecule has 2 aliphatic heterocycles. The molecule has 36 heavy (non-hydrogen) atoms. The number of hydrogen-bond acceptors (Lipinski definition) is 7. The van der Waals surface area contributed by atoms with Crippen molar-refractivity contribution in [2.75, 3.05) is 37.7 Å². The van der Waals surface area contributed by atoms with Gasteiger partial charge in [0.1, 0.15) is 17.0 Å². The summed E-state index contributed by atoms with van der Waals surface area (Å²) in [7, 11) is 0. The van der Waals surface area contributed by atoms with Gasteiger partial charge >= 0.3 is 6.09 Å². The maximum atomic E-state index is 13.9. The number of rotatable bonds is 3. The molecule has 9 nitrogen and oxygen atoms in total. The van der Waals surface area contributed by atoms with E-state index in [0.717, 1.165) is 24.2 Å². The van der Waals surface area contributed by atoms with Crippen LogP contribution in [0.3, 0.4) is 0 Å². The van der Waals surface area contributed by atoms with E-state index >= 15 is 0 Å². The number of halogens is 3. The minimum absolute atomic E-state index is 0.0149. The molecule has 1 atom stereocenters. The summed E-state index contributed by atoms with van der Waals surface area (Å²) in [5, 5.41) is 10.1. The molecule has 2 aromatic rings. The number of carbonyl (C=O) groups is 2. The Bertz CT molecular complexity index is 1170. The Labute approximate surface area is 224 Å². The summed E-state index contributed by atoms with van der Waals surface area (Å²) in [5.41, 5.74) is 1.12. The first-order valence-corrected chi connectivity index (χ1v) is 12.8. The van der Waals surface area contributed by atoms with Crippen LogP contribution in [0, 0.1) is 0 Å². The zero-order valence-corrected chi connectivity index (χ0v) is 22.6. The van der Waals surface area contributed by atoms with Crippen LogP contribution in [0.2, 0.25) is 15.2 Å². The van der Waals surface area contributed by atoms with Crippen LogP contribution in [0.1, 0.15) is 43.2 Å². The number of amides is 2. The first-order chi connectivity index (χ1) is 17.0. The van der Waals surface area contributed by atoms with E-state index in [1.807, 2.05) is 17.0 Å². The van der Waals surface area contributed by atoms with Crippen LogP contribution in [0.15, 0.2) is 18.3 Å². The molecule has 0 spiro atoms. The molecule has 0 aromatic carbocycles. The fraction of sp³-hybridized carbons (Fsp3) is 0.500. The van der Waals surface area contributed by atoms with Crippen LogP contribution in [-0.4, -0.2) is 81.3 Å². The lowest BCUT2D eigenvalue weighted by Gasteiger charge is -2.41. The number of aliphatic hydroxyl groups excluding tert-OH is 1. The van der Waals surface area contributed by atoms with Crippen LogP contribution in [0.4, 0.5) is 16.3 Å². The number of hydrogen-bond donors (Lipinski definition) is 1. The second-order valence-corrected chi connectivity index (χ2v) is 10.8. The third-order valence-corrected chi connectivity index (χ3v) is 7.26. The van der Waals surface area contributed by atoms with E-state index in [1.54, 1.807) is 27.0 Å². The summed E-state index contributed by atoms with van der Waals surface area (Å²) in [5.74, 6) is -0.181. The number of carbonyl (C=O) groups excluding carboxylic acids is 2. The van der Waals surface area contributed by atoms with E-state index in [4.69, 9.17) is 39.5 Å². The molecule has 2 amide bonds. The van der Waals surface area contributed by atoms with Crippen LogP contribution in [0.25, 0.3) is 0 Å². The maximum Gasteiger partial charge on any atom is 0.410 e. The topological polar surface area (TPSA) is 99.1 Å². The SMILES string of the molecule is CC(C)(C)OC(=O)N1CCN(C(=O)c2c(N3CCCc4ncccc43)nc(Cl)c(Cl)c2Cl)[C@@H](CO)C1. The Morgan fingerprint density at radius 1 is 1.17 bits per heavy atom. The number of aromatic nitrogens is 2. The Balaban J connectivity index is 1.69. The predicted molar refractivity (Wildman–Crippen MR) is 139 cm³/mol. The Kier molecular flexibility index (Phi) is 7.85. The molecule has 4 heterocycles. The molecule has 2 aliphatic rings. The molecule has 0 unspecified atom stereocenters. The van der Waals surface area contributed by atoms with Gasteiger partial charge in [0.05, 0.1) is 34.1 Å². The monoisotopic (exact) mass is 555 g/mol. The first-order valence-electron chi connectivity index (χ1n) is 11.7. The fourth-order valence-corrected chi connectivity index (χ4v) is 5.02. The van der Waals surface area contributed by atoms with Gasteiger partial charge in [0.15, 0.2) is 5.15 Å². The fourth-order valence-electron chi connectivity index (χ4n) is 4.41. The van der Waals surface area contributed by atoms with E-state index < -0.39 is 23.6 Å². The number of piperazine rings is 1. The highest BCUT2D eigenvalue weighted by Gasteiger charge is 2.38. The first kappa shape index (κ1) is 26.7. The van der Waals surface area contributed by atoms with Crippen LogP contribution >= 0.6 is 34.8 Å². The Hall–Kier alpha value is -2.33. The van der Waals surface area contributed by atoms with Crippen molar-refractivity contribution in [3.8, 4) is 0 Å². The van der Waals surface area contributed by atoms with E-state index in [2.05, 4.69) is 9.97 Å². The molecule has 194 valence electrons. The van der Waals surface area contributed by atoms with Crippen LogP contribution in [-0.2, 0) is 11.2 Å². The van der Waals surface area contributed by atoms with Crippen molar-refractivity contribution < 1.29 is 19.4 Å². The van der Waals surface area contributed by atoms with Crippen molar-refractivity contribution in [1.82, 2.24) is 19.8 Å². The van der Waals surface area contributed by atoms with Crippen molar-refractivity contribution in [2.45, 2.75) is 45.3 Å². The molecule has 1 N–H and O–H groups in total. The van der Waals surface area contributed by atoms with Crippen molar-refractivity contribution in [2.24, 2.45) is 0 Å². The van der Waals surface area contributed by atoms with Gasteiger partial charge in [-0.2, -0.15) is 0 Å². The van der Waals surface area contributed by atoms with Gasteiger partial charge in [-0.3, -0.25) is 9.78 Å². The molecule has 2 aromatic heterocycles. The van der Waals surface area contributed by atoms with Gasteiger partial charge in [-0.05, 0) is 45.7 Å². The molecule has 1 saturated heterocycles. The second kappa shape index (κ2) is 10.6. The highest BCUT2D eigenvalue weighted by Crippen LogP contribution is 2.41. The zero-order valence-electron chi connectivity index (χ0n) is 20.3. The number of nitrogens with zero attached hydrogens (tertiary/aromatic N) is 5. The second-order valence-electron chi connectivity index (χ2n) is 9.71. The zero-order chi connectivity index (χ0) is 26.2. The van der Waals surface area contributed by atoms with Gasteiger partial charge in [0, 0.05) is 32.4 Å². The quantitative estimate of drug-likeness (QED) is 0.553. The smallest absolute Gasteiger partial charge is 0.410 e. The summed E-state index contributed by atoms with van der Waals surface area (Å²) < 4.78 is 5.46. The third-order valence-electron chi connectivity index (χ3n) is 6.05. The number of aryl methyl sites for hydroxylation is 1. The number of anilines is 2. The van der Waals surface area contributed by atoms with Gasteiger partial charge < -0.3 is 24.5 Å². The molecular formula is C24H28Cl3N5O4. The standard InChI is InChI=1S/C24H28Cl3N5O4/c1-24(2,3)36-23(35)30-10-11-31(14(12-30)13-33)22(34)17-18(25)19(26)20(27)29-21(17)32-9-5-6-15-16(32)7-4-8-28-15/h4,7-8,14,33H,5-6,9-13H2,1-3H3/t14-/m1/s1. The number of aliphatic hydroxyl groups is 1. The summed E-state index contributed by atoms with van der Waals surface area (Å²) in [6, 6.07) is 3.05. The highest BCUT2D eigenvalue weighted by molar-refractivity contribution is 6.49. The van der Waals surface area contributed by atoms with E-state index in [0.29, 0.717) is 6.54 Å². The molecule has 0 radical (unpaired) electrons. The van der Waals surface area contributed by atoms with Crippen molar-refractivity contribution >= 4 is 58.3 Å².